The molecule has 0 radical (unpaired) electrons. The molecular formula is C21H27N3O3. The molecule has 2 rings (SSSR count). The number of nitrogens with one attached hydrogen (secondary N) is 1. The van der Waals surface area contributed by atoms with E-state index < -0.39 is 6.04 Å². The molecule has 0 aliphatic rings. The molecule has 6 heteroatoms. The van der Waals surface area contributed by atoms with Gasteiger partial charge in [0.15, 0.2) is 0 Å². The maximum atomic E-state index is 12.7. The van der Waals surface area contributed by atoms with E-state index in [1.54, 1.807) is 31.3 Å². The van der Waals surface area contributed by atoms with Gasteiger partial charge in [-0.1, -0.05) is 26.0 Å². The Kier molecular flexibility index (Phi) is 7.34. The minimum atomic E-state index is -0.580. The molecule has 144 valence electrons. The third kappa shape index (κ3) is 5.81. The molecule has 1 atom stereocenters. The van der Waals surface area contributed by atoms with Crippen LogP contribution in [0, 0.1) is 5.92 Å². The van der Waals surface area contributed by atoms with Crippen molar-refractivity contribution >= 4 is 11.8 Å². The summed E-state index contributed by atoms with van der Waals surface area (Å²) in [7, 11) is 1.61. The van der Waals surface area contributed by atoms with Gasteiger partial charge in [-0.3, -0.25) is 14.6 Å². The zero-order valence-electron chi connectivity index (χ0n) is 16.3. The summed E-state index contributed by atoms with van der Waals surface area (Å²) in [5.74, 6) is 0.314. The van der Waals surface area contributed by atoms with Crippen molar-refractivity contribution in [3.8, 4) is 5.75 Å². The van der Waals surface area contributed by atoms with Crippen molar-refractivity contribution < 1.29 is 14.3 Å². The van der Waals surface area contributed by atoms with Crippen molar-refractivity contribution in [1.29, 1.82) is 0 Å². The molecule has 27 heavy (non-hydrogen) atoms. The quantitative estimate of drug-likeness (QED) is 0.777. The van der Waals surface area contributed by atoms with E-state index in [1.807, 2.05) is 50.2 Å². The molecule has 1 N–H and O–H groups in total. The lowest BCUT2D eigenvalue weighted by Crippen LogP contribution is -2.48. The molecular weight excluding hydrogens is 342 g/mol. The molecule has 0 aliphatic carbocycles. The van der Waals surface area contributed by atoms with Gasteiger partial charge in [-0.25, -0.2) is 0 Å². The fourth-order valence-corrected chi connectivity index (χ4v) is 2.64. The highest BCUT2D eigenvalue weighted by atomic mass is 16.5. The molecule has 0 bridgehead atoms. The smallest absolute Gasteiger partial charge is 0.242 e. The molecule has 1 heterocycles. The van der Waals surface area contributed by atoms with Crippen molar-refractivity contribution in [2.24, 2.45) is 5.92 Å². The molecule has 0 spiro atoms. The number of rotatable bonds is 8. The normalized spacial score (nSPS) is 11.7. The van der Waals surface area contributed by atoms with E-state index in [2.05, 4.69) is 10.3 Å². The number of pyridine rings is 1. The Morgan fingerprint density at radius 1 is 1.04 bits per heavy atom. The van der Waals surface area contributed by atoms with Gasteiger partial charge >= 0.3 is 0 Å². The fraction of sp³-hybridized carbons (Fsp3) is 0.381. The van der Waals surface area contributed by atoms with Gasteiger partial charge in [-0.05, 0) is 42.3 Å². The van der Waals surface area contributed by atoms with Gasteiger partial charge in [0.25, 0.3) is 0 Å². The highest BCUT2D eigenvalue weighted by molar-refractivity contribution is 5.88. The standard InChI is InChI=1S/C21H27N3O3/c1-15(2)21(26)24(14-18-5-7-19(27-4)8-6-18)16(3)20(25)23-13-17-9-11-22-12-10-17/h5-12,15-16H,13-14H2,1-4H3,(H,23,25)/t16-/m1/s1. The van der Waals surface area contributed by atoms with E-state index in [1.165, 1.54) is 0 Å². The Balaban J connectivity index is 2.09. The number of hydrogen-bond donors (Lipinski definition) is 1. The van der Waals surface area contributed by atoms with E-state index in [9.17, 15) is 9.59 Å². The number of amides is 2. The lowest BCUT2D eigenvalue weighted by molar-refractivity contribution is -0.143. The van der Waals surface area contributed by atoms with E-state index in [4.69, 9.17) is 4.74 Å². The Hall–Kier alpha value is -2.89. The van der Waals surface area contributed by atoms with Crippen LogP contribution in [0.15, 0.2) is 48.8 Å². The summed E-state index contributed by atoms with van der Waals surface area (Å²) in [5.41, 5.74) is 1.90. The Morgan fingerprint density at radius 3 is 2.22 bits per heavy atom. The molecule has 2 amide bonds. The van der Waals surface area contributed by atoms with Crippen LogP contribution in [-0.4, -0.2) is 34.8 Å². The van der Waals surface area contributed by atoms with Gasteiger partial charge in [0.05, 0.1) is 7.11 Å². The second-order valence-electron chi connectivity index (χ2n) is 6.72. The van der Waals surface area contributed by atoms with Crippen LogP contribution in [0.4, 0.5) is 0 Å². The number of nitrogens with zero attached hydrogens (tertiary/aromatic N) is 2. The summed E-state index contributed by atoms with van der Waals surface area (Å²) >= 11 is 0. The molecule has 1 aromatic heterocycles. The van der Waals surface area contributed by atoms with Gasteiger partial charge in [0.1, 0.15) is 11.8 Å². The summed E-state index contributed by atoms with van der Waals surface area (Å²) in [6.07, 6.45) is 3.37. The van der Waals surface area contributed by atoms with E-state index in [0.717, 1.165) is 16.9 Å². The molecule has 0 unspecified atom stereocenters. The average Bonchev–Trinajstić information content (AvgIpc) is 2.70. The molecule has 0 saturated heterocycles. The predicted octanol–water partition coefficient (Wildman–Crippen LogP) is 2.78. The van der Waals surface area contributed by atoms with Gasteiger partial charge in [-0.2, -0.15) is 0 Å². The molecule has 6 nitrogen and oxygen atoms in total. The Labute approximate surface area is 160 Å². The maximum absolute atomic E-state index is 12.7. The highest BCUT2D eigenvalue weighted by Gasteiger charge is 2.27. The highest BCUT2D eigenvalue weighted by Crippen LogP contribution is 2.16. The van der Waals surface area contributed by atoms with Crippen LogP contribution in [0.5, 0.6) is 5.75 Å². The van der Waals surface area contributed by atoms with Crippen LogP contribution < -0.4 is 10.1 Å². The Bertz CT molecular complexity index is 745. The van der Waals surface area contributed by atoms with Crippen LogP contribution in [0.25, 0.3) is 0 Å². The number of methoxy groups -OCH3 is 1. The van der Waals surface area contributed by atoms with Crippen LogP contribution >= 0.6 is 0 Å². The number of ether oxygens (including phenoxy) is 1. The summed E-state index contributed by atoms with van der Waals surface area (Å²) < 4.78 is 5.17. The second kappa shape index (κ2) is 9.71. The SMILES string of the molecule is COc1ccc(CN(C(=O)C(C)C)[C@H](C)C(=O)NCc2ccncc2)cc1. The van der Waals surface area contributed by atoms with Crippen LogP contribution in [-0.2, 0) is 22.7 Å². The third-order valence-corrected chi connectivity index (χ3v) is 4.35. The third-order valence-electron chi connectivity index (χ3n) is 4.35. The summed E-state index contributed by atoms with van der Waals surface area (Å²) in [6.45, 7) is 6.20. The van der Waals surface area contributed by atoms with E-state index in [0.29, 0.717) is 13.1 Å². The van der Waals surface area contributed by atoms with Crippen molar-refractivity contribution in [2.45, 2.75) is 39.9 Å². The van der Waals surface area contributed by atoms with E-state index >= 15 is 0 Å². The summed E-state index contributed by atoms with van der Waals surface area (Å²) in [4.78, 5) is 30.9. The zero-order chi connectivity index (χ0) is 19.8. The number of carbonyl (C=O) groups excluding carboxylic acids is 2. The molecule has 0 aliphatic heterocycles. The van der Waals surface area contributed by atoms with E-state index in [-0.39, 0.29) is 17.7 Å². The van der Waals surface area contributed by atoms with Crippen LogP contribution in [0.1, 0.15) is 31.9 Å². The summed E-state index contributed by atoms with van der Waals surface area (Å²) in [6, 6.07) is 10.6. The monoisotopic (exact) mass is 369 g/mol. The zero-order valence-corrected chi connectivity index (χ0v) is 16.3. The molecule has 2 aromatic rings. The minimum Gasteiger partial charge on any atom is -0.497 e. The second-order valence-corrected chi connectivity index (χ2v) is 6.72. The number of hydrogen-bond acceptors (Lipinski definition) is 4. The largest absolute Gasteiger partial charge is 0.497 e. The van der Waals surface area contributed by atoms with Crippen molar-refractivity contribution in [2.75, 3.05) is 7.11 Å². The first-order chi connectivity index (χ1) is 12.9. The number of carbonyl (C=O) groups is 2. The average molecular weight is 369 g/mol. The first-order valence-corrected chi connectivity index (χ1v) is 9.02. The lowest BCUT2D eigenvalue weighted by Gasteiger charge is -2.30. The van der Waals surface area contributed by atoms with Crippen molar-refractivity contribution in [1.82, 2.24) is 15.2 Å². The van der Waals surface area contributed by atoms with Crippen LogP contribution in [0.2, 0.25) is 0 Å². The van der Waals surface area contributed by atoms with Gasteiger partial charge in [0, 0.05) is 31.4 Å². The molecule has 0 fully saturated rings. The lowest BCUT2D eigenvalue weighted by atomic mass is 10.1. The number of aromatic nitrogens is 1. The van der Waals surface area contributed by atoms with Gasteiger partial charge in [0.2, 0.25) is 11.8 Å². The minimum absolute atomic E-state index is 0.0580. The van der Waals surface area contributed by atoms with Gasteiger partial charge < -0.3 is 15.0 Å². The predicted molar refractivity (Wildman–Crippen MR) is 104 cm³/mol. The maximum Gasteiger partial charge on any atom is 0.242 e. The van der Waals surface area contributed by atoms with Crippen LogP contribution in [0.3, 0.4) is 0 Å². The topological polar surface area (TPSA) is 71.5 Å². The van der Waals surface area contributed by atoms with Crippen molar-refractivity contribution in [3.05, 3.63) is 59.9 Å². The van der Waals surface area contributed by atoms with Crippen molar-refractivity contribution in [3.63, 3.8) is 0 Å². The fourth-order valence-electron chi connectivity index (χ4n) is 2.64. The Morgan fingerprint density at radius 2 is 1.67 bits per heavy atom. The molecule has 1 aromatic carbocycles. The molecule has 0 saturated carbocycles. The van der Waals surface area contributed by atoms with Gasteiger partial charge in [-0.15, -0.1) is 0 Å². The number of benzene rings is 1. The first-order valence-electron chi connectivity index (χ1n) is 9.02. The first kappa shape index (κ1) is 20.4. The summed E-state index contributed by atoms with van der Waals surface area (Å²) in [5, 5.41) is 2.90.